The van der Waals surface area contributed by atoms with Gasteiger partial charge in [0.2, 0.25) is 0 Å². The Morgan fingerprint density at radius 1 is 0.246 bits per heavy atom. The van der Waals surface area contributed by atoms with Gasteiger partial charge in [0.25, 0.3) is 0 Å². The zero-order chi connectivity index (χ0) is 50.5. The lowest BCUT2D eigenvalue weighted by atomic mass is 10.0. The van der Waals surface area contributed by atoms with Gasteiger partial charge in [-0.05, 0) is 37.0 Å². The molecule has 0 radical (unpaired) electrons. The Morgan fingerprint density at radius 2 is 0.420 bits per heavy atom. The van der Waals surface area contributed by atoms with E-state index in [1.54, 1.807) is 0 Å². The second-order valence-corrected chi connectivity index (χ2v) is 23.1. The van der Waals surface area contributed by atoms with E-state index < -0.39 is 6.10 Å². The maximum Gasteiger partial charge on any atom is 0.306 e. The van der Waals surface area contributed by atoms with Crippen molar-refractivity contribution < 1.29 is 28.6 Å². The number of ether oxygens (including phenoxy) is 3. The number of hydrogen-bond donors (Lipinski definition) is 0. The molecule has 0 rings (SSSR count). The predicted molar refractivity (Wildman–Crippen MR) is 298 cm³/mol. The van der Waals surface area contributed by atoms with Gasteiger partial charge in [-0.3, -0.25) is 14.4 Å². The van der Waals surface area contributed by atoms with Crippen LogP contribution in [0.15, 0.2) is 0 Å². The zero-order valence-electron chi connectivity index (χ0n) is 47.6. The van der Waals surface area contributed by atoms with Crippen molar-refractivity contribution in [3.63, 3.8) is 0 Å². The molecule has 0 spiro atoms. The lowest BCUT2D eigenvalue weighted by molar-refractivity contribution is -0.167. The van der Waals surface area contributed by atoms with Gasteiger partial charge < -0.3 is 14.2 Å². The molecule has 0 heterocycles. The predicted octanol–water partition coefficient (Wildman–Crippen LogP) is 20.7. The van der Waals surface area contributed by atoms with E-state index in [0.717, 1.165) is 75.5 Å². The third kappa shape index (κ3) is 57.2. The minimum absolute atomic E-state index is 0.0627. The largest absolute Gasteiger partial charge is 0.462 e. The second-order valence-electron chi connectivity index (χ2n) is 23.1. The average molecular weight is 976 g/mol. The van der Waals surface area contributed by atoms with Crippen molar-refractivity contribution in [1.29, 1.82) is 0 Å². The molecule has 0 N–H and O–H groups in total. The van der Waals surface area contributed by atoms with Crippen molar-refractivity contribution in [3.05, 3.63) is 0 Å². The fourth-order valence-corrected chi connectivity index (χ4v) is 9.71. The van der Waals surface area contributed by atoms with Crippen molar-refractivity contribution in [2.45, 2.75) is 356 Å². The molecule has 1 atom stereocenters. The first-order chi connectivity index (χ1) is 33.6. The van der Waals surface area contributed by atoms with Gasteiger partial charge in [-0.2, -0.15) is 0 Å². The van der Waals surface area contributed by atoms with E-state index in [1.807, 2.05) is 0 Å². The van der Waals surface area contributed by atoms with Gasteiger partial charge in [0, 0.05) is 19.3 Å². The number of carbonyl (C=O) groups is 3. The molecule has 0 aromatic carbocycles. The van der Waals surface area contributed by atoms with Crippen molar-refractivity contribution in [3.8, 4) is 0 Å². The van der Waals surface area contributed by atoms with Crippen LogP contribution in [-0.4, -0.2) is 37.2 Å². The summed E-state index contributed by atoms with van der Waals surface area (Å²) < 4.78 is 16.9. The minimum atomic E-state index is -0.764. The number of hydrogen-bond acceptors (Lipinski definition) is 6. The van der Waals surface area contributed by atoms with E-state index in [9.17, 15) is 14.4 Å². The van der Waals surface area contributed by atoms with Crippen molar-refractivity contribution >= 4 is 17.9 Å². The summed E-state index contributed by atoms with van der Waals surface area (Å²) in [5.41, 5.74) is 0. The highest BCUT2D eigenvalue weighted by Gasteiger charge is 2.19. The van der Waals surface area contributed by atoms with Crippen LogP contribution in [0.25, 0.3) is 0 Å². The van der Waals surface area contributed by atoms with Gasteiger partial charge in [0.1, 0.15) is 13.2 Å². The Labute approximate surface area is 431 Å². The standard InChI is InChI=1S/C63H122O6/c1-57(2)49-43-37-31-25-19-13-8-7-9-16-22-28-34-40-46-52-61(64)67-55-60(56-68-62(65)53-47-41-35-29-23-18-12-15-21-27-33-39-45-51-59(5)6)69-63(66)54-48-42-36-30-24-17-11-10-14-20-26-32-38-44-50-58(3)4/h57-60H,7-56H2,1-6H3/t60-/m0/s1. The molecule has 0 amide bonds. The van der Waals surface area contributed by atoms with E-state index in [-0.39, 0.29) is 31.1 Å². The molecule has 0 aliphatic heterocycles. The van der Waals surface area contributed by atoms with Crippen LogP contribution < -0.4 is 0 Å². The fourth-order valence-electron chi connectivity index (χ4n) is 9.71. The van der Waals surface area contributed by atoms with E-state index >= 15 is 0 Å². The quantitative estimate of drug-likeness (QED) is 0.0343. The monoisotopic (exact) mass is 975 g/mol. The molecule has 0 saturated carbocycles. The van der Waals surface area contributed by atoms with Crippen LogP contribution in [0.5, 0.6) is 0 Å². The van der Waals surface area contributed by atoms with E-state index in [0.29, 0.717) is 19.3 Å². The van der Waals surface area contributed by atoms with Crippen molar-refractivity contribution in [2.75, 3.05) is 13.2 Å². The third-order valence-electron chi connectivity index (χ3n) is 14.4. The maximum atomic E-state index is 12.9. The van der Waals surface area contributed by atoms with Crippen LogP contribution in [0.2, 0.25) is 0 Å². The van der Waals surface area contributed by atoms with Crippen molar-refractivity contribution in [2.24, 2.45) is 17.8 Å². The molecule has 0 unspecified atom stereocenters. The SMILES string of the molecule is CC(C)CCCCCCCCCCCCCCCCCC(=O)OC[C@@H](COC(=O)CCCCCCCCCCCCCCCC(C)C)OC(=O)CCCCCCCCCCCCCCCCC(C)C. The molecule has 0 fully saturated rings. The van der Waals surface area contributed by atoms with E-state index in [4.69, 9.17) is 14.2 Å². The summed E-state index contributed by atoms with van der Waals surface area (Å²) in [7, 11) is 0. The van der Waals surface area contributed by atoms with Crippen molar-refractivity contribution in [1.82, 2.24) is 0 Å². The summed E-state index contributed by atoms with van der Waals surface area (Å²) in [4.78, 5) is 38.3. The Balaban J connectivity index is 4.30. The summed E-state index contributed by atoms with van der Waals surface area (Å²) in [6.07, 6.45) is 58.1. The molecule has 6 nitrogen and oxygen atoms in total. The normalized spacial score (nSPS) is 12.1. The number of carbonyl (C=O) groups excluding carboxylic acids is 3. The first-order valence-corrected chi connectivity index (χ1v) is 31.1. The molecular weight excluding hydrogens is 853 g/mol. The van der Waals surface area contributed by atoms with Crippen LogP contribution in [0.1, 0.15) is 350 Å². The van der Waals surface area contributed by atoms with Crippen LogP contribution in [-0.2, 0) is 28.6 Å². The van der Waals surface area contributed by atoms with E-state index in [2.05, 4.69) is 41.5 Å². The first-order valence-electron chi connectivity index (χ1n) is 31.1. The molecule has 0 aromatic heterocycles. The summed E-state index contributed by atoms with van der Waals surface area (Å²) >= 11 is 0. The summed E-state index contributed by atoms with van der Waals surface area (Å²) in [5, 5.41) is 0. The topological polar surface area (TPSA) is 78.9 Å². The van der Waals surface area contributed by atoms with Crippen LogP contribution in [0, 0.1) is 17.8 Å². The lowest BCUT2D eigenvalue weighted by Crippen LogP contribution is -2.30. The fraction of sp³-hybridized carbons (Fsp3) is 0.952. The maximum absolute atomic E-state index is 12.9. The summed E-state index contributed by atoms with van der Waals surface area (Å²) in [5.74, 6) is 1.69. The lowest BCUT2D eigenvalue weighted by Gasteiger charge is -2.18. The van der Waals surface area contributed by atoms with Crippen LogP contribution >= 0.6 is 0 Å². The molecule has 6 heteroatoms. The number of unbranched alkanes of at least 4 members (excludes halogenated alkanes) is 39. The van der Waals surface area contributed by atoms with Gasteiger partial charge in [0.15, 0.2) is 6.10 Å². The highest BCUT2D eigenvalue weighted by Crippen LogP contribution is 2.19. The third-order valence-corrected chi connectivity index (χ3v) is 14.4. The van der Waals surface area contributed by atoms with Gasteiger partial charge in [-0.15, -0.1) is 0 Å². The Morgan fingerprint density at radius 3 is 0.623 bits per heavy atom. The molecule has 410 valence electrons. The summed E-state index contributed by atoms with van der Waals surface area (Å²) in [6, 6.07) is 0. The molecule has 69 heavy (non-hydrogen) atoms. The second kappa shape index (κ2) is 54.2. The molecule has 0 bridgehead atoms. The first kappa shape index (κ1) is 67.4. The van der Waals surface area contributed by atoms with Gasteiger partial charge >= 0.3 is 17.9 Å². The molecule has 0 aliphatic rings. The van der Waals surface area contributed by atoms with Gasteiger partial charge in [0.05, 0.1) is 0 Å². The van der Waals surface area contributed by atoms with Crippen LogP contribution in [0.3, 0.4) is 0 Å². The van der Waals surface area contributed by atoms with Crippen LogP contribution in [0.4, 0.5) is 0 Å². The molecule has 0 saturated heterocycles. The number of esters is 3. The Kier molecular flexibility index (Phi) is 52.9. The zero-order valence-corrected chi connectivity index (χ0v) is 47.6. The molecule has 0 aromatic rings. The minimum Gasteiger partial charge on any atom is -0.462 e. The Bertz CT molecular complexity index is 1070. The average Bonchev–Trinajstić information content (AvgIpc) is 3.31. The van der Waals surface area contributed by atoms with E-state index in [1.165, 1.54) is 231 Å². The highest BCUT2D eigenvalue weighted by atomic mass is 16.6. The summed E-state index contributed by atoms with van der Waals surface area (Å²) in [6.45, 7) is 13.8. The molecule has 0 aliphatic carbocycles. The number of rotatable bonds is 56. The van der Waals surface area contributed by atoms with Gasteiger partial charge in [-0.25, -0.2) is 0 Å². The Hall–Kier alpha value is -1.59. The smallest absolute Gasteiger partial charge is 0.306 e. The van der Waals surface area contributed by atoms with Gasteiger partial charge in [-0.1, -0.05) is 311 Å². The highest BCUT2D eigenvalue weighted by molar-refractivity contribution is 5.71. The molecular formula is C63H122O6.